The molecular weight excluding hydrogens is 248 g/mol. The summed E-state index contributed by atoms with van der Waals surface area (Å²) in [6, 6.07) is 6.57. The Morgan fingerprint density at radius 1 is 1.32 bits per heavy atom. The summed E-state index contributed by atoms with van der Waals surface area (Å²) < 4.78 is 4.65. The van der Waals surface area contributed by atoms with Crippen LogP contribution in [0.4, 0.5) is 5.69 Å². The molecule has 7 nitrogen and oxygen atoms in total. The number of aromatic nitrogens is 3. The predicted octanol–water partition coefficient (Wildman–Crippen LogP) is 0.854. The topological polar surface area (TPSA) is 86.1 Å². The Morgan fingerprint density at radius 3 is 2.68 bits per heavy atom. The minimum atomic E-state index is -0.518. The Labute approximate surface area is 109 Å². The van der Waals surface area contributed by atoms with Gasteiger partial charge in [0.1, 0.15) is 0 Å². The molecular formula is C12H12N4O3. The fraction of sp³-hybridized carbons (Fsp3) is 0.167. The molecule has 0 fully saturated rings. The second kappa shape index (κ2) is 5.30. The number of esters is 1. The minimum Gasteiger partial charge on any atom is -0.465 e. The number of hydrogen-bond acceptors (Lipinski definition) is 5. The Morgan fingerprint density at radius 2 is 2.05 bits per heavy atom. The number of methoxy groups -OCH3 is 1. The molecule has 7 heteroatoms. The largest absolute Gasteiger partial charge is 0.465 e. The van der Waals surface area contributed by atoms with Gasteiger partial charge in [-0.2, -0.15) is 9.90 Å². The van der Waals surface area contributed by atoms with Crippen molar-refractivity contribution in [2.75, 3.05) is 12.4 Å². The van der Waals surface area contributed by atoms with E-state index in [1.807, 2.05) is 0 Å². The number of rotatable bonds is 3. The molecule has 2 rings (SSSR count). The lowest BCUT2D eigenvalue weighted by molar-refractivity contribution is 0.0602. The van der Waals surface area contributed by atoms with Gasteiger partial charge in [-0.1, -0.05) is 12.1 Å². The van der Waals surface area contributed by atoms with Gasteiger partial charge in [0.15, 0.2) is 5.69 Å². The lowest BCUT2D eigenvalue weighted by Crippen LogP contribution is -2.16. The highest BCUT2D eigenvalue weighted by Gasteiger charge is 2.15. The molecule has 1 aromatic heterocycles. The average molecular weight is 260 g/mol. The quantitative estimate of drug-likeness (QED) is 0.827. The molecule has 1 aromatic carbocycles. The van der Waals surface area contributed by atoms with Crippen LogP contribution in [0, 0.1) is 0 Å². The molecule has 0 radical (unpaired) electrons. The standard InChI is InChI=1S/C12H12N4O3/c1-16-13-7-10(15-16)11(17)14-9-6-4-3-5-8(9)12(18)19-2/h3-7H,1-2H3,(H,14,17). The van der Waals surface area contributed by atoms with E-state index in [0.29, 0.717) is 5.69 Å². The van der Waals surface area contributed by atoms with Crippen LogP contribution < -0.4 is 5.32 Å². The highest BCUT2D eigenvalue weighted by molar-refractivity contribution is 6.06. The molecule has 1 amide bonds. The number of anilines is 1. The summed E-state index contributed by atoms with van der Waals surface area (Å²) in [5.41, 5.74) is 0.814. The Balaban J connectivity index is 2.24. The molecule has 0 atom stereocenters. The fourth-order valence-corrected chi connectivity index (χ4v) is 1.52. The van der Waals surface area contributed by atoms with Crippen LogP contribution in [-0.4, -0.2) is 34.0 Å². The summed E-state index contributed by atoms with van der Waals surface area (Å²) in [6.45, 7) is 0. The summed E-state index contributed by atoms with van der Waals surface area (Å²) in [6.07, 6.45) is 1.34. The van der Waals surface area contributed by atoms with Crippen LogP contribution in [0.2, 0.25) is 0 Å². The van der Waals surface area contributed by atoms with E-state index >= 15 is 0 Å². The molecule has 0 saturated carbocycles. The SMILES string of the molecule is COC(=O)c1ccccc1NC(=O)c1cnn(C)n1. The summed E-state index contributed by atoms with van der Waals surface area (Å²) in [5, 5.41) is 10.3. The highest BCUT2D eigenvalue weighted by Crippen LogP contribution is 2.16. The molecule has 0 aliphatic heterocycles. The van der Waals surface area contributed by atoms with E-state index in [4.69, 9.17) is 0 Å². The first-order valence-electron chi connectivity index (χ1n) is 5.47. The van der Waals surface area contributed by atoms with Crippen LogP contribution in [0.25, 0.3) is 0 Å². The van der Waals surface area contributed by atoms with Crippen molar-refractivity contribution in [1.29, 1.82) is 0 Å². The number of benzene rings is 1. The van der Waals surface area contributed by atoms with Crippen LogP contribution in [0.5, 0.6) is 0 Å². The monoisotopic (exact) mass is 260 g/mol. The highest BCUT2D eigenvalue weighted by atomic mass is 16.5. The predicted molar refractivity (Wildman–Crippen MR) is 66.7 cm³/mol. The van der Waals surface area contributed by atoms with Gasteiger partial charge in [-0.05, 0) is 12.1 Å². The van der Waals surface area contributed by atoms with E-state index in [2.05, 4.69) is 20.3 Å². The second-order valence-corrected chi connectivity index (χ2v) is 3.71. The third-order valence-corrected chi connectivity index (χ3v) is 2.41. The van der Waals surface area contributed by atoms with Crippen molar-refractivity contribution in [3.05, 3.63) is 41.7 Å². The number of amides is 1. The molecule has 2 aromatic rings. The second-order valence-electron chi connectivity index (χ2n) is 3.71. The first kappa shape index (κ1) is 12.7. The van der Waals surface area contributed by atoms with Gasteiger partial charge >= 0.3 is 5.97 Å². The van der Waals surface area contributed by atoms with E-state index in [1.165, 1.54) is 18.1 Å². The zero-order valence-corrected chi connectivity index (χ0v) is 10.5. The number of nitrogens with one attached hydrogen (secondary N) is 1. The van der Waals surface area contributed by atoms with E-state index in [0.717, 1.165) is 0 Å². The maximum Gasteiger partial charge on any atom is 0.339 e. The van der Waals surface area contributed by atoms with E-state index in [1.54, 1.807) is 31.3 Å². The zero-order valence-electron chi connectivity index (χ0n) is 10.5. The van der Waals surface area contributed by atoms with Gasteiger partial charge in [0.05, 0.1) is 24.6 Å². The lowest BCUT2D eigenvalue weighted by atomic mass is 10.2. The van der Waals surface area contributed by atoms with Crippen molar-refractivity contribution in [3.63, 3.8) is 0 Å². The van der Waals surface area contributed by atoms with Gasteiger partial charge in [-0.3, -0.25) is 4.79 Å². The number of aryl methyl sites for hydroxylation is 1. The number of ether oxygens (including phenoxy) is 1. The molecule has 0 aliphatic carbocycles. The zero-order chi connectivity index (χ0) is 13.8. The van der Waals surface area contributed by atoms with E-state index in [9.17, 15) is 9.59 Å². The van der Waals surface area contributed by atoms with Crippen molar-refractivity contribution in [2.24, 2.45) is 7.05 Å². The maximum absolute atomic E-state index is 11.9. The third-order valence-electron chi connectivity index (χ3n) is 2.41. The Hall–Kier alpha value is -2.70. The lowest BCUT2D eigenvalue weighted by Gasteiger charge is -2.08. The van der Waals surface area contributed by atoms with Gasteiger partial charge in [-0.15, -0.1) is 5.10 Å². The normalized spacial score (nSPS) is 10.0. The van der Waals surface area contributed by atoms with Crippen molar-refractivity contribution in [1.82, 2.24) is 15.0 Å². The number of nitrogens with zero attached hydrogens (tertiary/aromatic N) is 3. The van der Waals surface area contributed by atoms with Crippen LogP contribution in [0.3, 0.4) is 0 Å². The fourth-order valence-electron chi connectivity index (χ4n) is 1.52. The average Bonchev–Trinajstić information content (AvgIpc) is 2.85. The molecule has 0 aliphatic rings. The van der Waals surface area contributed by atoms with E-state index in [-0.39, 0.29) is 11.3 Å². The Bertz CT molecular complexity index is 621. The van der Waals surface area contributed by atoms with Gasteiger partial charge in [-0.25, -0.2) is 4.79 Å². The maximum atomic E-state index is 11.9. The first-order chi connectivity index (χ1) is 9.11. The summed E-state index contributed by atoms with van der Waals surface area (Å²) in [4.78, 5) is 24.7. The van der Waals surface area contributed by atoms with Crippen molar-refractivity contribution >= 4 is 17.6 Å². The van der Waals surface area contributed by atoms with Crippen LogP contribution in [-0.2, 0) is 11.8 Å². The molecule has 0 unspecified atom stereocenters. The van der Waals surface area contributed by atoms with Gasteiger partial charge in [0.25, 0.3) is 5.91 Å². The van der Waals surface area contributed by atoms with Crippen molar-refractivity contribution < 1.29 is 14.3 Å². The molecule has 0 bridgehead atoms. The van der Waals surface area contributed by atoms with Gasteiger partial charge in [0.2, 0.25) is 0 Å². The molecule has 1 N–H and O–H groups in total. The molecule has 1 heterocycles. The molecule has 0 spiro atoms. The van der Waals surface area contributed by atoms with E-state index < -0.39 is 11.9 Å². The summed E-state index contributed by atoms with van der Waals surface area (Å²) in [7, 11) is 2.89. The van der Waals surface area contributed by atoms with Crippen molar-refractivity contribution in [2.45, 2.75) is 0 Å². The molecule has 19 heavy (non-hydrogen) atoms. The Kier molecular flexibility index (Phi) is 3.56. The number of hydrogen-bond donors (Lipinski definition) is 1. The molecule has 98 valence electrons. The van der Waals surface area contributed by atoms with Gasteiger partial charge in [0, 0.05) is 7.05 Å². The molecule has 0 saturated heterocycles. The van der Waals surface area contributed by atoms with Crippen LogP contribution in [0.1, 0.15) is 20.8 Å². The third kappa shape index (κ3) is 2.76. The summed E-state index contributed by atoms with van der Waals surface area (Å²) >= 11 is 0. The first-order valence-corrected chi connectivity index (χ1v) is 5.47. The summed E-state index contributed by atoms with van der Waals surface area (Å²) in [5.74, 6) is -0.959. The number of carbonyl (C=O) groups is 2. The van der Waals surface area contributed by atoms with Crippen LogP contribution >= 0.6 is 0 Å². The van der Waals surface area contributed by atoms with Gasteiger partial charge < -0.3 is 10.1 Å². The number of para-hydroxylation sites is 1. The minimum absolute atomic E-state index is 0.169. The van der Waals surface area contributed by atoms with Crippen LogP contribution in [0.15, 0.2) is 30.5 Å². The smallest absolute Gasteiger partial charge is 0.339 e. The van der Waals surface area contributed by atoms with Crippen molar-refractivity contribution in [3.8, 4) is 0 Å². The number of carbonyl (C=O) groups excluding carboxylic acids is 2.